The second kappa shape index (κ2) is 7.27. The molecule has 1 aromatic heterocycles. The van der Waals surface area contributed by atoms with E-state index in [1.165, 1.54) is 18.4 Å². The van der Waals surface area contributed by atoms with Gasteiger partial charge in [0.25, 0.3) is 5.91 Å². The quantitative estimate of drug-likeness (QED) is 0.728. The summed E-state index contributed by atoms with van der Waals surface area (Å²) in [6.45, 7) is 3.83. The minimum Gasteiger partial charge on any atom is -0.459 e. The number of nitrogens with zero attached hydrogens (tertiary/aromatic N) is 1. The lowest BCUT2D eigenvalue weighted by atomic mass is 10.1. The lowest BCUT2D eigenvalue weighted by Crippen LogP contribution is -2.36. The molecule has 0 aliphatic carbocycles. The lowest BCUT2D eigenvalue weighted by molar-refractivity contribution is 0.0657. The lowest BCUT2D eigenvalue weighted by Gasteiger charge is -2.26. The molecule has 1 aromatic carbocycles. The molecule has 0 aliphatic rings. The van der Waals surface area contributed by atoms with Gasteiger partial charge in [-0.05, 0) is 44.2 Å². The van der Waals surface area contributed by atoms with Crippen LogP contribution in [0.1, 0.15) is 30.0 Å². The Balaban J connectivity index is 2.35. The van der Waals surface area contributed by atoms with Gasteiger partial charge in [-0.3, -0.25) is 4.79 Å². The maximum Gasteiger partial charge on any atom is 0.306 e. The van der Waals surface area contributed by atoms with Crippen LogP contribution in [-0.4, -0.2) is 31.5 Å². The smallest absolute Gasteiger partial charge is 0.306 e. The molecule has 8 heteroatoms. The molecule has 0 unspecified atom stereocenters. The van der Waals surface area contributed by atoms with Crippen molar-refractivity contribution in [3.63, 3.8) is 0 Å². The average molecular weight is 372 g/mol. The third kappa shape index (κ3) is 4.75. The predicted octanol–water partition coefficient (Wildman–Crippen LogP) is 3.32. The monoisotopic (exact) mass is 371 g/mol. The highest BCUT2D eigenvalue weighted by Gasteiger charge is 2.23. The molecule has 0 aliphatic heterocycles. The summed E-state index contributed by atoms with van der Waals surface area (Å²) in [5.41, 5.74) is 0.488. The topological polar surface area (TPSA) is 76.8 Å². The van der Waals surface area contributed by atoms with E-state index in [0.717, 1.165) is 6.26 Å². The van der Waals surface area contributed by atoms with E-state index in [0.29, 0.717) is 10.6 Å². The number of hydrogen-bond acceptors (Lipinski definition) is 5. The van der Waals surface area contributed by atoms with Crippen molar-refractivity contribution in [1.82, 2.24) is 4.90 Å². The van der Waals surface area contributed by atoms with E-state index < -0.39 is 10.1 Å². The minimum atomic E-state index is -3.70. The van der Waals surface area contributed by atoms with E-state index in [-0.39, 0.29) is 30.0 Å². The molecule has 24 heavy (non-hydrogen) atoms. The van der Waals surface area contributed by atoms with E-state index in [1.54, 1.807) is 23.1 Å². The maximum atomic E-state index is 12.6. The van der Waals surface area contributed by atoms with Gasteiger partial charge < -0.3 is 13.5 Å². The number of carbonyl (C=O) groups excluding carboxylic acids is 1. The molecule has 0 radical (unpaired) electrons. The molecule has 0 N–H and O–H groups in total. The van der Waals surface area contributed by atoms with Gasteiger partial charge in [0.05, 0.1) is 19.1 Å². The molecule has 1 heterocycles. The van der Waals surface area contributed by atoms with Crippen LogP contribution in [-0.2, 0) is 16.7 Å². The van der Waals surface area contributed by atoms with Crippen LogP contribution < -0.4 is 4.18 Å². The molecular weight excluding hydrogens is 354 g/mol. The summed E-state index contributed by atoms with van der Waals surface area (Å²) in [6.07, 6.45) is 2.38. The normalized spacial score (nSPS) is 11.5. The molecule has 0 atom stereocenters. The van der Waals surface area contributed by atoms with E-state index in [9.17, 15) is 13.2 Å². The van der Waals surface area contributed by atoms with E-state index in [2.05, 4.69) is 0 Å². The molecule has 130 valence electrons. The fourth-order valence-electron chi connectivity index (χ4n) is 2.13. The summed E-state index contributed by atoms with van der Waals surface area (Å²) in [7, 11) is -3.70. The Kier molecular flexibility index (Phi) is 5.56. The highest BCUT2D eigenvalue weighted by atomic mass is 35.5. The Morgan fingerprint density at radius 3 is 2.58 bits per heavy atom. The van der Waals surface area contributed by atoms with Crippen molar-refractivity contribution in [1.29, 1.82) is 0 Å². The molecule has 0 saturated heterocycles. The first-order chi connectivity index (χ1) is 11.2. The first-order valence-electron chi connectivity index (χ1n) is 7.19. The number of amides is 1. The standard InChI is InChI=1S/C16H18ClNO5S/c1-11(2)18(16(19)15-5-4-8-22-15)10-12-9-13(17)6-7-14(12)23-24(3,20)21/h4-9,11H,10H2,1-3H3. The van der Waals surface area contributed by atoms with Crippen LogP contribution in [0.25, 0.3) is 0 Å². The Bertz CT molecular complexity index is 815. The van der Waals surface area contributed by atoms with Gasteiger partial charge in [-0.25, -0.2) is 0 Å². The predicted molar refractivity (Wildman–Crippen MR) is 90.6 cm³/mol. The second-order valence-corrected chi connectivity index (χ2v) is 7.55. The van der Waals surface area contributed by atoms with Crippen molar-refractivity contribution in [3.8, 4) is 5.75 Å². The van der Waals surface area contributed by atoms with Crippen molar-refractivity contribution >= 4 is 27.6 Å². The summed E-state index contributed by atoms with van der Waals surface area (Å²) >= 11 is 6.00. The zero-order valence-electron chi connectivity index (χ0n) is 13.5. The van der Waals surface area contributed by atoms with Crippen LogP contribution in [0.2, 0.25) is 5.02 Å². The number of hydrogen-bond donors (Lipinski definition) is 0. The maximum absolute atomic E-state index is 12.6. The molecule has 1 amide bonds. The number of carbonyl (C=O) groups is 1. The summed E-state index contributed by atoms with van der Waals surface area (Å²) in [5.74, 6) is 0.0383. The fourth-order valence-corrected chi connectivity index (χ4v) is 2.81. The SMILES string of the molecule is CC(C)N(Cc1cc(Cl)ccc1OS(C)(=O)=O)C(=O)c1ccco1. The number of rotatable bonds is 6. The van der Waals surface area contributed by atoms with Crippen molar-refractivity contribution in [3.05, 3.63) is 52.9 Å². The third-order valence-corrected chi connectivity index (χ3v) is 3.94. The first kappa shape index (κ1) is 18.4. The number of furan rings is 1. The molecule has 0 saturated carbocycles. The van der Waals surface area contributed by atoms with E-state index >= 15 is 0 Å². The summed E-state index contributed by atoms with van der Waals surface area (Å²) in [6, 6.07) is 7.63. The van der Waals surface area contributed by atoms with Gasteiger partial charge in [-0.2, -0.15) is 8.42 Å². The van der Waals surface area contributed by atoms with Crippen molar-refractivity contribution in [2.24, 2.45) is 0 Å². The van der Waals surface area contributed by atoms with Gasteiger partial charge in [0.15, 0.2) is 5.76 Å². The zero-order chi connectivity index (χ0) is 17.9. The molecule has 2 rings (SSSR count). The average Bonchev–Trinajstić information content (AvgIpc) is 2.99. The Morgan fingerprint density at radius 2 is 2.04 bits per heavy atom. The summed E-state index contributed by atoms with van der Waals surface area (Å²) in [5, 5.41) is 0.417. The summed E-state index contributed by atoms with van der Waals surface area (Å²) in [4.78, 5) is 14.1. The van der Waals surface area contributed by atoms with Crippen LogP contribution in [0.4, 0.5) is 0 Å². The second-order valence-electron chi connectivity index (χ2n) is 5.54. The van der Waals surface area contributed by atoms with Gasteiger partial charge in [-0.15, -0.1) is 0 Å². The van der Waals surface area contributed by atoms with E-state index in [1.807, 2.05) is 13.8 Å². The van der Waals surface area contributed by atoms with Crippen molar-refractivity contribution in [2.75, 3.05) is 6.26 Å². The van der Waals surface area contributed by atoms with Gasteiger partial charge in [0, 0.05) is 16.6 Å². The van der Waals surface area contributed by atoms with Gasteiger partial charge in [0.2, 0.25) is 0 Å². The minimum absolute atomic E-state index is 0.128. The van der Waals surface area contributed by atoms with Crippen molar-refractivity contribution in [2.45, 2.75) is 26.4 Å². The van der Waals surface area contributed by atoms with Gasteiger partial charge in [-0.1, -0.05) is 11.6 Å². The first-order valence-corrected chi connectivity index (χ1v) is 9.39. The number of benzene rings is 1. The Labute approximate surface area is 146 Å². The van der Waals surface area contributed by atoms with Crippen LogP contribution in [0, 0.1) is 0 Å². The molecule has 0 bridgehead atoms. The molecule has 0 fully saturated rings. The molecule has 0 spiro atoms. The van der Waals surface area contributed by atoms with E-state index in [4.69, 9.17) is 20.2 Å². The van der Waals surface area contributed by atoms with Crippen LogP contribution >= 0.6 is 11.6 Å². The van der Waals surface area contributed by atoms with Crippen LogP contribution in [0.15, 0.2) is 41.0 Å². The summed E-state index contributed by atoms with van der Waals surface area (Å²) < 4.78 is 33.0. The largest absolute Gasteiger partial charge is 0.459 e. The van der Waals surface area contributed by atoms with Crippen molar-refractivity contribution < 1.29 is 21.8 Å². The van der Waals surface area contributed by atoms with Gasteiger partial charge >= 0.3 is 10.1 Å². The number of halogens is 1. The molecule has 2 aromatic rings. The van der Waals surface area contributed by atoms with Gasteiger partial charge in [0.1, 0.15) is 5.75 Å². The molecular formula is C16H18ClNO5S. The molecule has 6 nitrogen and oxygen atoms in total. The highest BCUT2D eigenvalue weighted by Crippen LogP contribution is 2.27. The Hall–Kier alpha value is -1.99. The fraction of sp³-hybridized carbons (Fsp3) is 0.312. The van der Waals surface area contributed by atoms with Crippen LogP contribution in [0.5, 0.6) is 5.75 Å². The van der Waals surface area contributed by atoms with Crippen LogP contribution in [0.3, 0.4) is 0 Å². The Morgan fingerprint density at radius 1 is 1.33 bits per heavy atom. The highest BCUT2D eigenvalue weighted by molar-refractivity contribution is 7.86. The zero-order valence-corrected chi connectivity index (χ0v) is 15.1. The third-order valence-electron chi connectivity index (χ3n) is 3.22.